The maximum Gasteiger partial charge on any atom is 0.123 e. The first-order valence-corrected chi connectivity index (χ1v) is 7.11. The van der Waals surface area contributed by atoms with Crippen molar-refractivity contribution in [2.75, 3.05) is 18.9 Å². The fraction of sp³-hybridized carbons (Fsp3) is 0.467. The van der Waals surface area contributed by atoms with E-state index in [0.717, 1.165) is 43.9 Å². The van der Waals surface area contributed by atoms with Crippen LogP contribution in [0.2, 0.25) is 0 Å². The number of ether oxygens (including phenoxy) is 1. The van der Waals surface area contributed by atoms with E-state index in [1.165, 1.54) is 6.42 Å². The molecule has 0 fully saturated rings. The summed E-state index contributed by atoms with van der Waals surface area (Å²) in [4.78, 5) is 8.23. The number of anilines is 1. The number of unbranched alkanes of at least 4 members (excludes halogenated alkanes) is 1. The molecule has 0 saturated carbocycles. The third-order valence-electron chi connectivity index (χ3n) is 3.12. The minimum atomic E-state index is 0.526. The highest BCUT2D eigenvalue weighted by molar-refractivity contribution is 5.61. The van der Waals surface area contributed by atoms with Gasteiger partial charge in [0, 0.05) is 31.5 Å². The molecule has 0 aliphatic heterocycles. The molecule has 0 saturated heterocycles. The quantitative estimate of drug-likeness (QED) is 0.752. The summed E-state index contributed by atoms with van der Waals surface area (Å²) < 4.78 is 7.70. The molecule has 20 heavy (non-hydrogen) atoms. The van der Waals surface area contributed by atoms with E-state index in [0.29, 0.717) is 5.82 Å². The Morgan fingerprint density at radius 2 is 2.15 bits per heavy atom. The van der Waals surface area contributed by atoms with Gasteiger partial charge in [-0.1, -0.05) is 13.3 Å². The van der Waals surface area contributed by atoms with Crippen LogP contribution < -0.4 is 5.73 Å². The Bertz CT molecular complexity index is 524. The first-order valence-electron chi connectivity index (χ1n) is 7.11. The average Bonchev–Trinajstić information content (AvgIpc) is 2.91. The lowest BCUT2D eigenvalue weighted by Crippen LogP contribution is -2.04. The predicted octanol–water partition coefficient (Wildman–Crippen LogP) is 2.73. The summed E-state index contributed by atoms with van der Waals surface area (Å²) in [7, 11) is 0. The smallest absolute Gasteiger partial charge is 0.123 e. The van der Waals surface area contributed by atoms with Gasteiger partial charge in [-0.3, -0.25) is 0 Å². The summed E-state index contributed by atoms with van der Waals surface area (Å²) in [5, 5.41) is 0. The lowest BCUT2D eigenvalue weighted by atomic mass is 10.2. The van der Waals surface area contributed by atoms with Gasteiger partial charge in [-0.15, -0.1) is 0 Å². The zero-order valence-electron chi connectivity index (χ0n) is 12.0. The van der Waals surface area contributed by atoms with E-state index in [1.807, 2.05) is 24.7 Å². The van der Waals surface area contributed by atoms with Crippen LogP contribution in [0.5, 0.6) is 0 Å². The number of nitrogens with two attached hydrogens (primary N) is 1. The van der Waals surface area contributed by atoms with E-state index in [1.54, 1.807) is 6.20 Å². The maximum absolute atomic E-state index is 5.72. The van der Waals surface area contributed by atoms with E-state index in [9.17, 15) is 0 Å². The summed E-state index contributed by atoms with van der Waals surface area (Å²) >= 11 is 0. The highest BCUT2D eigenvalue weighted by atomic mass is 16.5. The van der Waals surface area contributed by atoms with E-state index in [4.69, 9.17) is 10.5 Å². The molecule has 2 aromatic rings. The van der Waals surface area contributed by atoms with Crippen LogP contribution in [0.25, 0.3) is 11.3 Å². The highest BCUT2D eigenvalue weighted by Crippen LogP contribution is 2.20. The van der Waals surface area contributed by atoms with Crippen LogP contribution in [0.4, 0.5) is 5.82 Å². The van der Waals surface area contributed by atoms with Crippen molar-refractivity contribution in [2.24, 2.45) is 0 Å². The van der Waals surface area contributed by atoms with Crippen LogP contribution in [0.3, 0.4) is 0 Å². The monoisotopic (exact) mass is 274 g/mol. The Kier molecular flexibility index (Phi) is 5.55. The molecule has 5 heteroatoms. The lowest BCUT2D eigenvalue weighted by molar-refractivity contribution is 0.126. The van der Waals surface area contributed by atoms with Crippen molar-refractivity contribution >= 4 is 5.82 Å². The number of rotatable bonds is 8. The topological polar surface area (TPSA) is 66.0 Å². The molecule has 0 aliphatic rings. The van der Waals surface area contributed by atoms with Gasteiger partial charge in [-0.25, -0.2) is 9.97 Å². The Morgan fingerprint density at radius 1 is 1.30 bits per heavy atom. The normalized spacial score (nSPS) is 10.8. The summed E-state index contributed by atoms with van der Waals surface area (Å²) in [6.07, 6.45) is 8.70. The fourth-order valence-electron chi connectivity index (χ4n) is 2.03. The maximum atomic E-state index is 5.72. The van der Waals surface area contributed by atoms with Crippen LogP contribution in [0.15, 0.2) is 30.9 Å². The van der Waals surface area contributed by atoms with E-state index < -0.39 is 0 Å². The summed E-state index contributed by atoms with van der Waals surface area (Å²) in [6.45, 7) is 4.70. The third-order valence-corrected chi connectivity index (χ3v) is 3.12. The Morgan fingerprint density at radius 3 is 2.95 bits per heavy atom. The molecule has 2 rings (SSSR count). The standard InChI is InChI=1S/C15H22N4O/c1-2-3-8-20-9-4-7-19-12-17-11-14(19)13-5-6-18-15(16)10-13/h5-6,10-12H,2-4,7-9H2,1H3,(H2,16,18). The van der Waals surface area contributed by atoms with Crippen molar-refractivity contribution in [3.05, 3.63) is 30.9 Å². The van der Waals surface area contributed by atoms with Crippen LogP contribution in [0.1, 0.15) is 26.2 Å². The zero-order chi connectivity index (χ0) is 14.2. The van der Waals surface area contributed by atoms with Crippen LogP contribution in [-0.2, 0) is 11.3 Å². The number of aryl methyl sites for hydroxylation is 1. The van der Waals surface area contributed by atoms with Gasteiger partial charge in [0.25, 0.3) is 0 Å². The predicted molar refractivity (Wildman–Crippen MR) is 80.2 cm³/mol. The number of pyridine rings is 1. The van der Waals surface area contributed by atoms with Gasteiger partial charge >= 0.3 is 0 Å². The molecule has 0 aromatic carbocycles. The van der Waals surface area contributed by atoms with Gasteiger partial charge < -0.3 is 15.0 Å². The van der Waals surface area contributed by atoms with Gasteiger partial charge in [0.05, 0.1) is 18.2 Å². The summed E-state index contributed by atoms with van der Waals surface area (Å²) in [5.41, 5.74) is 7.83. The van der Waals surface area contributed by atoms with Crippen LogP contribution in [-0.4, -0.2) is 27.7 Å². The Balaban J connectivity index is 1.89. The molecule has 0 atom stereocenters. The van der Waals surface area contributed by atoms with Crippen molar-refractivity contribution in [3.63, 3.8) is 0 Å². The van der Waals surface area contributed by atoms with E-state index in [2.05, 4.69) is 21.5 Å². The molecule has 2 aromatic heterocycles. The number of nitrogens with zero attached hydrogens (tertiary/aromatic N) is 3. The molecular formula is C15H22N4O. The van der Waals surface area contributed by atoms with Crippen molar-refractivity contribution in [3.8, 4) is 11.3 Å². The molecule has 0 unspecified atom stereocenters. The summed E-state index contributed by atoms with van der Waals surface area (Å²) in [5.74, 6) is 0.526. The molecule has 0 radical (unpaired) electrons. The second-order valence-electron chi connectivity index (χ2n) is 4.76. The van der Waals surface area contributed by atoms with Crippen molar-refractivity contribution in [2.45, 2.75) is 32.7 Å². The summed E-state index contributed by atoms with van der Waals surface area (Å²) in [6, 6.07) is 3.81. The van der Waals surface area contributed by atoms with Gasteiger partial charge in [0.2, 0.25) is 0 Å². The molecule has 2 heterocycles. The largest absolute Gasteiger partial charge is 0.384 e. The van der Waals surface area contributed by atoms with Gasteiger partial charge in [-0.05, 0) is 25.0 Å². The molecular weight excluding hydrogens is 252 g/mol. The third kappa shape index (κ3) is 4.06. The van der Waals surface area contributed by atoms with Crippen molar-refractivity contribution < 1.29 is 4.74 Å². The fourth-order valence-corrected chi connectivity index (χ4v) is 2.03. The molecule has 0 aliphatic carbocycles. The first-order chi connectivity index (χ1) is 9.81. The SMILES string of the molecule is CCCCOCCCn1cncc1-c1ccnc(N)c1. The molecule has 0 bridgehead atoms. The molecule has 108 valence electrons. The van der Waals surface area contributed by atoms with Gasteiger partial charge in [0.1, 0.15) is 5.82 Å². The van der Waals surface area contributed by atoms with Crippen molar-refractivity contribution in [1.82, 2.24) is 14.5 Å². The number of aromatic nitrogens is 3. The number of nitrogen functional groups attached to an aromatic ring is 1. The van der Waals surface area contributed by atoms with Gasteiger partial charge in [0.15, 0.2) is 0 Å². The number of hydrogen-bond donors (Lipinski definition) is 1. The molecule has 2 N–H and O–H groups in total. The average molecular weight is 274 g/mol. The van der Waals surface area contributed by atoms with Crippen LogP contribution >= 0.6 is 0 Å². The molecule has 0 spiro atoms. The highest BCUT2D eigenvalue weighted by Gasteiger charge is 2.05. The Labute approximate surface area is 119 Å². The molecule has 5 nitrogen and oxygen atoms in total. The first kappa shape index (κ1) is 14.5. The van der Waals surface area contributed by atoms with Crippen molar-refractivity contribution in [1.29, 1.82) is 0 Å². The Hall–Kier alpha value is -1.88. The minimum Gasteiger partial charge on any atom is -0.384 e. The second kappa shape index (κ2) is 7.65. The van der Waals surface area contributed by atoms with Crippen LogP contribution in [0, 0.1) is 0 Å². The van der Waals surface area contributed by atoms with E-state index in [-0.39, 0.29) is 0 Å². The molecule has 0 amide bonds. The number of hydrogen-bond acceptors (Lipinski definition) is 4. The minimum absolute atomic E-state index is 0.526. The lowest BCUT2D eigenvalue weighted by Gasteiger charge is -2.09. The second-order valence-corrected chi connectivity index (χ2v) is 4.76. The van der Waals surface area contributed by atoms with Gasteiger partial charge in [-0.2, -0.15) is 0 Å². The zero-order valence-corrected chi connectivity index (χ0v) is 12.0. The van der Waals surface area contributed by atoms with E-state index >= 15 is 0 Å². The number of imidazole rings is 1.